The van der Waals surface area contributed by atoms with E-state index < -0.39 is 0 Å². The first-order valence-electron chi connectivity index (χ1n) is 4.36. The Bertz CT molecular complexity index is 287. The number of amides is 2. The van der Waals surface area contributed by atoms with Crippen molar-refractivity contribution in [2.24, 2.45) is 0 Å². The van der Waals surface area contributed by atoms with Gasteiger partial charge in [0.1, 0.15) is 6.61 Å². The average molecular weight is 194 g/mol. The summed E-state index contributed by atoms with van der Waals surface area (Å²) in [6, 6.07) is 9.42. The number of hydrogen-bond acceptors (Lipinski definition) is 2. The van der Waals surface area contributed by atoms with E-state index in [-0.39, 0.29) is 6.03 Å². The fraction of sp³-hybridized carbons (Fsp3) is 0.300. The van der Waals surface area contributed by atoms with Crippen LogP contribution in [-0.4, -0.2) is 25.2 Å². The van der Waals surface area contributed by atoms with Gasteiger partial charge in [0.2, 0.25) is 0 Å². The molecule has 1 aromatic carbocycles. The molecule has 0 spiro atoms. The molecule has 0 bridgehead atoms. The van der Waals surface area contributed by atoms with E-state index in [1.807, 2.05) is 30.3 Å². The maximum absolute atomic E-state index is 11.0. The Balaban J connectivity index is 2.38. The van der Waals surface area contributed by atoms with E-state index in [2.05, 4.69) is 5.32 Å². The first-order valence-corrected chi connectivity index (χ1v) is 4.36. The summed E-state index contributed by atoms with van der Waals surface area (Å²) in [4.78, 5) is 16.2. The minimum absolute atomic E-state index is 0.263. The highest BCUT2D eigenvalue weighted by Crippen LogP contribution is 2.01. The lowest BCUT2D eigenvalue weighted by Crippen LogP contribution is -2.34. The van der Waals surface area contributed by atoms with Gasteiger partial charge in [-0.2, -0.15) is 0 Å². The van der Waals surface area contributed by atoms with Gasteiger partial charge in [-0.05, 0) is 5.56 Å². The van der Waals surface area contributed by atoms with Gasteiger partial charge in [-0.3, -0.25) is 4.84 Å². The molecule has 0 aliphatic carbocycles. The second-order valence-electron chi connectivity index (χ2n) is 2.81. The van der Waals surface area contributed by atoms with Crippen LogP contribution in [0.5, 0.6) is 0 Å². The van der Waals surface area contributed by atoms with Crippen LogP contribution in [0.1, 0.15) is 5.56 Å². The molecule has 0 saturated heterocycles. The summed E-state index contributed by atoms with van der Waals surface area (Å²) in [5.74, 6) is 0. The Hall–Kier alpha value is -1.55. The van der Waals surface area contributed by atoms with Crippen molar-refractivity contribution in [2.45, 2.75) is 6.61 Å². The second-order valence-corrected chi connectivity index (χ2v) is 2.81. The highest BCUT2D eigenvalue weighted by atomic mass is 16.7. The number of urea groups is 1. The summed E-state index contributed by atoms with van der Waals surface area (Å²) in [7, 11) is 3.13. The molecular weight excluding hydrogens is 180 g/mol. The summed E-state index contributed by atoms with van der Waals surface area (Å²) in [6.07, 6.45) is 0. The quantitative estimate of drug-likeness (QED) is 0.739. The maximum Gasteiger partial charge on any atom is 0.340 e. The Kier molecular flexibility index (Phi) is 3.94. The number of nitrogens with one attached hydrogen (secondary N) is 1. The zero-order valence-corrected chi connectivity index (χ0v) is 8.36. The molecule has 0 radical (unpaired) electrons. The van der Waals surface area contributed by atoms with Gasteiger partial charge >= 0.3 is 6.03 Å². The van der Waals surface area contributed by atoms with Crippen LogP contribution in [0.2, 0.25) is 0 Å². The lowest BCUT2D eigenvalue weighted by atomic mass is 10.2. The largest absolute Gasteiger partial charge is 0.340 e. The van der Waals surface area contributed by atoms with Crippen molar-refractivity contribution in [3.05, 3.63) is 35.9 Å². The topological polar surface area (TPSA) is 41.6 Å². The van der Waals surface area contributed by atoms with Crippen LogP contribution in [0.3, 0.4) is 0 Å². The summed E-state index contributed by atoms with van der Waals surface area (Å²) >= 11 is 0. The van der Waals surface area contributed by atoms with E-state index in [1.54, 1.807) is 14.1 Å². The lowest BCUT2D eigenvalue weighted by Gasteiger charge is -2.15. The van der Waals surface area contributed by atoms with Gasteiger partial charge in [0.25, 0.3) is 0 Å². The number of carbonyl (C=O) groups is 1. The van der Waals surface area contributed by atoms with Gasteiger partial charge in [0.15, 0.2) is 0 Å². The van der Waals surface area contributed by atoms with E-state index in [1.165, 1.54) is 5.06 Å². The molecule has 4 heteroatoms. The van der Waals surface area contributed by atoms with Gasteiger partial charge in [-0.25, -0.2) is 9.86 Å². The van der Waals surface area contributed by atoms with Crippen LogP contribution in [0.15, 0.2) is 30.3 Å². The van der Waals surface area contributed by atoms with E-state index >= 15 is 0 Å². The minimum Gasteiger partial charge on any atom is -0.339 e. The molecule has 0 unspecified atom stereocenters. The van der Waals surface area contributed by atoms with Crippen molar-refractivity contribution < 1.29 is 9.63 Å². The molecule has 0 saturated carbocycles. The van der Waals surface area contributed by atoms with Gasteiger partial charge in [-0.15, -0.1) is 0 Å². The molecule has 0 heterocycles. The molecule has 0 aromatic heterocycles. The van der Waals surface area contributed by atoms with Crippen molar-refractivity contribution in [1.82, 2.24) is 10.4 Å². The minimum atomic E-state index is -0.263. The van der Waals surface area contributed by atoms with E-state index in [0.717, 1.165) is 5.56 Å². The summed E-state index contributed by atoms with van der Waals surface area (Å²) < 4.78 is 0. The fourth-order valence-electron chi connectivity index (χ4n) is 0.962. The molecule has 2 amide bonds. The first-order chi connectivity index (χ1) is 6.74. The van der Waals surface area contributed by atoms with Crippen molar-refractivity contribution in [3.63, 3.8) is 0 Å². The number of hydrogen-bond donors (Lipinski definition) is 1. The third-order valence-corrected chi connectivity index (χ3v) is 1.77. The Morgan fingerprint density at radius 2 is 2.07 bits per heavy atom. The fourth-order valence-corrected chi connectivity index (χ4v) is 0.962. The predicted molar refractivity (Wildman–Crippen MR) is 53.4 cm³/mol. The molecule has 14 heavy (non-hydrogen) atoms. The summed E-state index contributed by atoms with van der Waals surface area (Å²) in [5.41, 5.74) is 1.03. The zero-order valence-electron chi connectivity index (χ0n) is 8.36. The molecule has 0 atom stereocenters. The van der Waals surface area contributed by atoms with Crippen LogP contribution in [0, 0.1) is 0 Å². The normalized spacial score (nSPS) is 9.57. The van der Waals surface area contributed by atoms with E-state index in [0.29, 0.717) is 6.61 Å². The van der Waals surface area contributed by atoms with Crippen molar-refractivity contribution in [3.8, 4) is 0 Å². The molecular formula is C10H14N2O2. The van der Waals surface area contributed by atoms with Crippen LogP contribution in [-0.2, 0) is 11.4 Å². The first kappa shape index (κ1) is 10.5. The average Bonchev–Trinajstić information content (AvgIpc) is 2.26. The van der Waals surface area contributed by atoms with Crippen LogP contribution in [0.4, 0.5) is 4.79 Å². The molecule has 0 aliphatic heterocycles. The van der Waals surface area contributed by atoms with Crippen molar-refractivity contribution in [1.29, 1.82) is 0 Å². The molecule has 1 rings (SSSR count). The number of rotatable bonds is 3. The Morgan fingerprint density at radius 1 is 1.43 bits per heavy atom. The monoisotopic (exact) mass is 194 g/mol. The zero-order chi connectivity index (χ0) is 10.4. The van der Waals surface area contributed by atoms with Crippen LogP contribution >= 0.6 is 0 Å². The number of benzene rings is 1. The van der Waals surface area contributed by atoms with Crippen LogP contribution < -0.4 is 5.32 Å². The Morgan fingerprint density at radius 3 is 2.64 bits per heavy atom. The van der Waals surface area contributed by atoms with Gasteiger partial charge in [0, 0.05) is 14.1 Å². The van der Waals surface area contributed by atoms with Crippen molar-refractivity contribution in [2.75, 3.05) is 14.1 Å². The van der Waals surface area contributed by atoms with Crippen molar-refractivity contribution >= 4 is 6.03 Å². The number of nitrogens with zero attached hydrogens (tertiary/aromatic N) is 1. The molecule has 1 N–H and O–H groups in total. The standard InChI is InChI=1S/C10H14N2O2/c1-11-10(13)12(2)14-8-9-6-4-3-5-7-9/h3-7H,8H2,1-2H3,(H,11,13). The number of carbonyl (C=O) groups excluding carboxylic acids is 1. The van der Waals surface area contributed by atoms with Gasteiger partial charge in [0.05, 0.1) is 0 Å². The summed E-state index contributed by atoms with van der Waals surface area (Å²) in [6.45, 7) is 0.394. The molecule has 0 fully saturated rings. The highest BCUT2D eigenvalue weighted by Gasteiger charge is 2.05. The molecule has 0 aliphatic rings. The lowest BCUT2D eigenvalue weighted by molar-refractivity contribution is -0.109. The Labute approximate surface area is 83.4 Å². The van der Waals surface area contributed by atoms with Crippen LogP contribution in [0.25, 0.3) is 0 Å². The predicted octanol–water partition coefficient (Wildman–Crippen LogP) is 1.39. The number of hydroxylamine groups is 2. The second kappa shape index (κ2) is 5.24. The third kappa shape index (κ3) is 3.06. The SMILES string of the molecule is CNC(=O)N(C)OCc1ccccc1. The molecule has 4 nitrogen and oxygen atoms in total. The van der Waals surface area contributed by atoms with Gasteiger partial charge < -0.3 is 5.32 Å². The third-order valence-electron chi connectivity index (χ3n) is 1.77. The smallest absolute Gasteiger partial charge is 0.339 e. The van der Waals surface area contributed by atoms with Gasteiger partial charge in [-0.1, -0.05) is 30.3 Å². The molecule has 1 aromatic rings. The molecule has 76 valence electrons. The highest BCUT2D eigenvalue weighted by molar-refractivity contribution is 5.72. The van der Waals surface area contributed by atoms with E-state index in [9.17, 15) is 4.79 Å². The summed E-state index contributed by atoms with van der Waals surface area (Å²) in [5, 5.41) is 3.64. The van der Waals surface area contributed by atoms with E-state index in [4.69, 9.17) is 4.84 Å². The maximum atomic E-state index is 11.0.